The molecule has 3 heterocycles. The summed E-state index contributed by atoms with van der Waals surface area (Å²) in [5, 5.41) is 1.03. The largest absolute Gasteiger partial charge is 0.493 e. The monoisotopic (exact) mass is 385 g/mol. The van der Waals surface area contributed by atoms with Crippen LogP contribution in [-0.4, -0.2) is 25.1 Å². The van der Waals surface area contributed by atoms with Crippen molar-refractivity contribution in [1.82, 2.24) is 4.90 Å². The molecule has 29 heavy (non-hydrogen) atoms. The molecular weight excluding hydrogens is 362 g/mol. The zero-order valence-corrected chi connectivity index (χ0v) is 16.4. The molecule has 0 N–H and O–H groups in total. The van der Waals surface area contributed by atoms with Crippen molar-refractivity contribution in [2.75, 3.05) is 20.2 Å². The number of rotatable bonds is 5. The first-order chi connectivity index (χ1) is 14.3. The lowest BCUT2D eigenvalue weighted by Gasteiger charge is -2.26. The molecule has 0 aliphatic carbocycles. The van der Waals surface area contributed by atoms with Gasteiger partial charge in [0.15, 0.2) is 22.9 Å². The zero-order valence-electron chi connectivity index (χ0n) is 16.4. The van der Waals surface area contributed by atoms with Crippen LogP contribution in [0.25, 0.3) is 28.1 Å². The maximum atomic E-state index is 6.00. The van der Waals surface area contributed by atoms with Crippen molar-refractivity contribution in [3.05, 3.63) is 84.1 Å². The molecule has 2 aromatic heterocycles. The van der Waals surface area contributed by atoms with Gasteiger partial charge in [0, 0.05) is 25.0 Å². The SMILES string of the molecule is COc1cc(CN2CC=C(c3ccccc3)CC2)cc2cc(-c3ccco3)oc12. The van der Waals surface area contributed by atoms with E-state index in [4.69, 9.17) is 13.6 Å². The average molecular weight is 385 g/mol. The second-order valence-electron chi connectivity index (χ2n) is 7.38. The molecule has 4 aromatic rings. The lowest BCUT2D eigenvalue weighted by atomic mass is 9.99. The summed E-state index contributed by atoms with van der Waals surface area (Å²) in [5.41, 5.74) is 4.75. The normalized spacial score (nSPS) is 14.9. The van der Waals surface area contributed by atoms with Gasteiger partial charge in [-0.3, -0.25) is 4.90 Å². The third kappa shape index (κ3) is 3.59. The van der Waals surface area contributed by atoms with Crippen molar-refractivity contribution < 1.29 is 13.6 Å². The Labute approximate surface area is 170 Å². The van der Waals surface area contributed by atoms with E-state index in [1.54, 1.807) is 13.4 Å². The molecule has 0 fully saturated rings. The van der Waals surface area contributed by atoms with E-state index in [0.29, 0.717) is 5.76 Å². The van der Waals surface area contributed by atoms with Crippen molar-refractivity contribution in [1.29, 1.82) is 0 Å². The number of ether oxygens (including phenoxy) is 1. The van der Waals surface area contributed by atoms with E-state index in [0.717, 1.165) is 48.5 Å². The van der Waals surface area contributed by atoms with Crippen LogP contribution in [0.15, 0.2) is 81.8 Å². The molecule has 4 heteroatoms. The maximum Gasteiger partial charge on any atom is 0.176 e. The Kier molecular flexibility index (Phi) is 4.70. The number of hydrogen-bond donors (Lipinski definition) is 0. The predicted octanol–water partition coefficient (Wildman–Crippen LogP) is 5.99. The van der Waals surface area contributed by atoms with Gasteiger partial charge in [0.25, 0.3) is 0 Å². The highest BCUT2D eigenvalue weighted by atomic mass is 16.5. The van der Waals surface area contributed by atoms with Crippen LogP contribution in [0.3, 0.4) is 0 Å². The summed E-state index contributed by atoms with van der Waals surface area (Å²) in [5.74, 6) is 2.20. The van der Waals surface area contributed by atoms with Crippen LogP contribution in [0.1, 0.15) is 17.5 Å². The fourth-order valence-electron chi connectivity index (χ4n) is 3.99. The molecule has 0 saturated carbocycles. The van der Waals surface area contributed by atoms with Gasteiger partial charge < -0.3 is 13.6 Å². The summed E-state index contributed by atoms with van der Waals surface area (Å²) < 4.78 is 17.1. The molecule has 0 radical (unpaired) electrons. The molecule has 0 saturated heterocycles. The van der Waals surface area contributed by atoms with E-state index < -0.39 is 0 Å². The van der Waals surface area contributed by atoms with Gasteiger partial charge in [-0.2, -0.15) is 0 Å². The summed E-state index contributed by atoms with van der Waals surface area (Å²) in [4.78, 5) is 2.46. The summed E-state index contributed by atoms with van der Waals surface area (Å²) in [6.45, 7) is 2.88. The number of methoxy groups -OCH3 is 1. The van der Waals surface area contributed by atoms with Crippen molar-refractivity contribution in [3.63, 3.8) is 0 Å². The van der Waals surface area contributed by atoms with Crippen LogP contribution >= 0.6 is 0 Å². The van der Waals surface area contributed by atoms with Gasteiger partial charge >= 0.3 is 0 Å². The molecule has 0 spiro atoms. The molecule has 0 amide bonds. The van der Waals surface area contributed by atoms with E-state index >= 15 is 0 Å². The highest BCUT2D eigenvalue weighted by Gasteiger charge is 2.17. The minimum absolute atomic E-state index is 0.717. The minimum Gasteiger partial charge on any atom is -0.493 e. The lowest BCUT2D eigenvalue weighted by Crippen LogP contribution is -2.28. The van der Waals surface area contributed by atoms with Gasteiger partial charge in [0.05, 0.1) is 13.4 Å². The van der Waals surface area contributed by atoms with Crippen LogP contribution in [-0.2, 0) is 6.54 Å². The van der Waals surface area contributed by atoms with Crippen LogP contribution in [0.5, 0.6) is 5.75 Å². The van der Waals surface area contributed by atoms with Crippen LogP contribution in [0.4, 0.5) is 0 Å². The van der Waals surface area contributed by atoms with Gasteiger partial charge in [-0.25, -0.2) is 0 Å². The fraction of sp³-hybridized carbons (Fsp3) is 0.200. The Morgan fingerprint density at radius 2 is 1.90 bits per heavy atom. The van der Waals surface area contributed by atoms with Gasteiger partial charge in [-0.1, -0.05) is 36.4 Å². The molecule has 0 atom stereocenters. The number of fused-ring (bicyclic) bond motifs is 1. The van der Waals surface area contributed by atoms with Gasteiger partial charge in [-0.05, 0) is 53.5 Å². The molecule has 1 aliphatic rings. The summed E-state index contributed by atoms with van der Waals surface area (Å²) in [6, 6.07) is 20.7. The fourth-order valence-corrected chi connectivity index (χ4v) is 3.99. The number of furan rings is 2. The van der Waals surface area contributed by atoms with Gasteiger partial charge in [0.1, 0.15) is 0 Å². The van der Waals surface area contributed by atoms with E-state index in [2.05, 4.69) is 53.4 Å². The first-order valence-electron chi connectivity index (χ1n) is 9.91. The Balaban J connectivity index is 1.37. The molecule has 5 rings (SSSR count). The second-order valence-corrected chi connectivity index (χ2v) is 7.38. The number of hydrogen-bond acceptors (Lipinski definition) is 4. The first-order valence-corrected chi connectivity index (χ1v) is 9.91. The van der Waals surface area contributed by atoms with Crippen molar-refractivity contribution in [2.45, 2.75) is 13.0 Å². The topological polar surface area (TPSA) is 38.8 Å². The third-order valence-corrected chi connectivity index (χ3v) is 5.47. The molecule has 0 unspecified atom stereocenters. The van der Waals surface area contributed by atoms with Crippen LogP contribution < -0.4 is 4.74 Å². The molecule has 2 aromatic carbocycles. The summed E-state index contributed by atoms with van der Waals surface area (Å²) in [7, 11) is 1.68. The molecule has 4 nitrogen and oxygen atoms in total. The maximum absolute atomic E-state index is 6.00. The van der Waals surface area contributed by atoms with E-state index in [1.807, 2.05) is 18.2 Å². The summed E-state index contributed by atoms with van der Waals surface area (Å²) >= 11 is 0. The average Bonchev–Trinajstić information content (AvgIpc) is 3.44. The minimum atomic E-state index is 0.717. The van der Waals surface area contributed by atoms with Gasteiger partial charge in [0.2, 0.25) is 0 Å². The third-order valence-electron chi connectivity index (χ3n) is 5.47. The quantitative estimate of drug-likeness (QED) is 0.423. The Hall–Kier alpha value is -3.24. The predicted molar refractivity (Wildman–Crippen MR) is 115 cm³/mol. The van der Waals surface area contributed by atoms with Gasteiger partial charge in [-0.15, -0.1) is 0 Å². The molecule has 146 valence electrons. The highest BCUT2D eigenvalue weighted by Crippen LogP contribution is 2.35. The van der Waals surface area contributed by atoms with Crippen molar-refractivity contribution >= 4 is 16.5 Å². The van der Waals surface area contributed by atoms with Crippen LogP contribution in [0, 0.1) is 0 Å². The first kappa shape index (κ1) is 17.8. The highest BCUT2D eigenvalue weighted by molar-refractivity contribution is 5.87. The van der Waals surface area contributed by atoms with Crippen molar-refractivity contribution in [3.8, 4) is 17.3 Å². The standard InChI is InChI=1S/C25H23NO3/c1-27-24-15-18(14-21-16-23(29-25(21)24)22-8-5-13-28-22)17-26-11-9-20(10-12-26)19-6-3-2-4-7-19/h2-9,13-16H,10-12,17H2,1H3. The zero-order chi connectivity index (χ0) is 19.6. The Morgan fingerprint density at radius 1 is 1.00 bits per heavy atom. The second kappa shape index (κ2) is 7.64. The smallest absolute Gasteiger partial charge is 0.176 e. The Bertz CT molecular complexity index is 1140. The summed E-state index contributed by atoms with van der Waals surface area (Å²) in [6.07, 6.45) is 5.07. The van der Waals surface area contributed by atoms with Crippen molar-refractivity contribution in [2.24, 2.45) is 0 Å². The molecule has 0 bridgehead atoms. The number of nitrogens with zero attached hydrogens (tertiary/aromatic N) is 1. The number of benzene rings is 2. The lowest BCUT2D eigenvalue weighted by molar-refractivity contribution is 0.293. The molecule has 1 aliphatic heterocycles. The van der Waals surface area contributed by atoms with E-state index in [1.165, 1.54) is 16.7 Å². The van der Waals surface area contributed by atoms with Crippen LogP contribution in [0.2, 0.25) is 0 Å². The Morgan fingerprint density at radius 3 is 2.62 bits per heavy atom. The molecular formula is C25H23NO3. The van der Waals surface area contributed by atoms with E-state index in [-0.39, 0.29) is 0 Å². The van der Waals surface area contributed by atoms with E-state index in [9.17, 15) is 0 Å².